The number of hydrogen-bond donors (Lipinski definition) is 0. The average molecular weight is 224 g/mol. The first-order valence-electron chi connectivity index (χ1n) is 6.52. The molecule has 4 heterocycles. The molecule has 1 fully saturated rings. The van der Waals surface area contributed by atoms with E-state index in [0.29, 0.717) is 0 Å². The molecule has 0 atom stereocenters. The Balaban J connectivity index is 1.85. The summed E-state index contributed by atoms with van der Waals surface area (Å²) in [5.41, 5.74) is 5.59. The second-order valence-corrected chi connectivity index (χ2v) is 5.23. The zero-order chi connectivity index (χ0) is 11.2. The van der Waals surface area contributed by atoms with Gasteiger partial charge in [0, 0.05) is 37.3 Å². The molecule has 1 aromatic rings. The Labute approximate surface area is 102 Å². The number of piperidine rings is 1. The number of fused-ring (bicyclic) bond motifs is 3. The molecule has 0 spiro atoms. The van der Waals surface area contributed by atoms with E-state index < -0.39 is 0 Å². The third-order valence-electron chi connectivity index (χ3n) is 4.31. The predicted octanol–water partition coefficient (Wildman–Crippen LogP) is 2.60. The van der Waals surface area contributed by atoms with Crippen molar-refractivity contribution in [1.82, 2.24) is 4.90 Å². The Hall–Kier alpha value is -1.57. The third kappa shape index (κ3) is 1.36. The van der Waals surface area contributed by atoms with Crippen molar-refractivity contribution in [2.75, 3.05) is 13.1 Å². The van der Waals surface area contributed by atoms with Gasteiger partial charge in [0.2, 0.25) is 0 Å². The fourth-order valence-corrected chi connectivity index (χ4v) is 3.34. The van der Waals surface area contributed by atoms with Gasteiger partial charge in [-0.1, -0.05) is 24.3 Å². The van der Waals surface area contributed by atoms with Gasteiger partial charge in [0.15, 0.2) is 0 Å². The Morgan fingerprint density at radius 3 is 2.82 bits per heavy atom. The van der Waals surface area contributed by atoms with Crippen molar-refractivity contribution in [3.8, 4) is 0 Å². The predicted molar refractivity (Wildman–Crippen MR) is 69.1 cm³/mol. The van der Waals surface area contributed by atoms with Crippen molar-refractivity contribution >= 4 is 6.21 Å². The molecule has 86 valence electrons. The highest BCUT2D eigenvalue weighted by atomic mass is 15.2. The van der Waals surface area contributed by atoms with E-state index in [0.717, 1.165) is 12.3 Å². The molecule has 2 bridgehead atoms. The first-order valence-corrected chi connectivity index (χ1v) is 6.52. The normalized spacial score (nSPS) is 22.5. The first-order chi connectivity index (χ1) is 8.42. The van der Waals surface area contributed by atoms with Crippen molar-refractivity contribution < 1.29 is 0 Å². The molecule has 0 N–H and O–H groups in total. The second-order valence-electron chi connectivity index (χ2n) is 5.23. The van der Waals surface area contributed by atoms with Crippen molar-refractivity contribution in [1.29, 1.82) is 0 Å². The molecule has 4 aliphatic heterocycles. The smallest absolute Gasteiger partial charge is 0.0630 e. The molecular weight excluding hydrogens is 208 g/mol. The summed E-state index contributed by atoms with van der Waals surface area (Å²) in [7, 11) is 0. The van der Waals surface area contributed by atoms with Crippen molar-refractivity contribution in [3.05, 3.63) is 46.8 Å². The van der Waals surface area contributed by atoms with Crippen molar-refractivity contribution in [2.24, 2.45) is 10.9 Å². The van der Waals surface area contributed by atoms with Crippen LogP contribution in [0.2, 0.25) is 0 Å². The number of benzene rings is 1. The molecule has 17 heavy (non-hydrogen) atoms. The summed E-state index contributed by atoms with van der Waals surface area (Å²) in [6.45, 7) is 2.47. The van der Waals surface area contributed by atoms with Gasteiger partial charge in [0.1, 0.15) is 0 Å². The number of allylic oxidation sites excluding steroid dienone is 2. The highest BCUT2D eigenvalue weighted by Crippen LogP contribution is 2.39. The lowest BCUT2D eigenvalue weighted by Crippen LogP contribution is -2.40. The van der Waals surface area contributed by atoms with Crippen LogP contribution in [0.1, 0.15) is 24.0 Å². The van der Waals surface area contributed by atoms with E-state index >= 15 is 0 Å². The van der Waals surface area contributed by atoms with E-state index in [1.807, 2.05) is 0 Å². The molecule has 0 aromatic heterocycles. The second kappa shape index (κ2) is 3.46. The minimum atomic E-state index is 0.723. The van der Waals surface area contributed by atoms with Crippen LogP contribution in [0.15, 0.2) is 40.7 Å². The van der Waals surface area contributed by atoms with Gasteiger partial charge in [-0.05, 0) is 24.0 Å². The zero-order valence-corrected chi connectivity index (χ0v) is 9.89. The van der Waals surface area contributed by atoms with Gasteiger partial charge in [-0.3, -0.25) is 4.99 Å². The molecule has 2 nitrogen and oxygen atoms in total. The quantitative estimate of drug-likeness (QED) is 0.661. The maximum Gasteiger partial charge on any atom is 0.0630 e. The number of rotatable bonds is 0. The van der Waals surface area contributed by atoms with Crippen LogP contribution in [0, 0.1) is 5.92 Å². The van der Waals surface area contributed by atoms with E-state index in [4.69, 9.17) is 4.99 Å². The summed E-state index contributed by atoms with van der Waals surface area (Å²) in [5.74, 6) is 0.723. The summed E-state index contributed by atoms with van der Waals surface area (Å²) < 4.78 is 0. The fourth-order valence-electron chi connectivity index (χ4n) is 3.34. The molecule has 0 amide bonds. The number of aliphatic imine (C=N–C) groups is 1. The monoisotopic (exact) mass is 224 g/mol. The van der Waals surface area contributed by atoms with E-state index in [1.165, 1.54) is 48.5 Å². The molecule has 4 aliphatic rings. The van der Waals surface area contributed by atoms with Gasteiger partial charge >= 0.3 is 0 Å². The summed E-state index contributed by atoms with van der Waals surface area (Å²) in [4.78, 5) is 7.33. The molecule has 0 radical (unpaired) electrons. The lowest BCUT2D eigenvalue weighted by Gasteiger charge is -2.42. The van der Waals surface area contributed by atoms with Crippen LogP contribution in [-0.2, 0) is 6.42 Å². The highest BCUT2D eigenvalue weighted by molar-refractivity contribution is 5.83. The minimum absolute atomic E-state index is 0.723. The van der Waals surface area contributed by atoms with Gasteiger partial charge in [0.25, 0.3) is 0 Å². The van der Waals surface area contributed by atoms with Crippen LogP contribution >= 0.6 is 0 Å². The van der Waals surface area contributed by atoms with E-state index in [9.17, 15) is 0 Å². The van der Waals surface area contributed by atoms with Crippen LogP contribution < -0.4 is 0 Å². The maximum atomic E-state index is 4.78. The largest absolute Gasteiger partial charge is 0.373 e. The van der Waals surface area contributed by atoms with Crippen LogP contribution in [0.4, 0.5) is 0 Å². The maximum absolute atomic E-state index is 4.78. The average Bonchev–Trinajstić information content (AvgIpc) is 2.60. The third-order valence-corrected chi connectivity index (χ3v) is 4.31. The van der Waals surface area contributed by atoms with Crippen LogP contribution in [0.25, 0.3) is 0 Å². The van der Waals surface area contributed by atoms with E-state index in [2.05, 4.69) is 35.4 Å². The highest BCUT2D eigenvalue weighted by Gasteiger charge is 2.33. The lowest BCUT2D eigenvalue weighted by molar-refractivity contribution is 0.201. The van der Waals surface area contributed by atoms with Gasteiger partial charge in [-0.25, -0.2) is 0 Å². The van der Waals surface area contributed by atoms with Crippen LogP contribution in [0.3, 0.4) is 0 Å². The van der Waals surface area contributed by atoms with Crippen molar-refractivity contribution in [3.63, 3.8) is 0 Å². The van der Waals surface area contributed by atoms with Gasteiger partial charge in [-0.15, -0.1) is 0 Å². The minimum Gasteiger partial charge on any atom is -0.373 e. The number of hydrogen-bond acceptors (Lipinski definition) is 2. The Morgan fingerprint density at radius 2 is 1.94 bits per heavy atom. The summed E-state index contributed by atoms with van der Waals surface area (Å²) in [6.07, 6.45) is 5.74. The van der Waals surface area contributed by atoms with E-state index in [1.54, 1.807) is 0 Å². The summed E-state index contributed by atoms with van der Waals surface area (Å²) in [5, 5.41) is 0. The van der Waals surface area contributed by atoms with E-state index in [-0.39, 0.29) is 0 Å². The molecule has 5 rings (SSSR count). The molecule has 1 aromatic carbocycles. The zero-order valence-electron chi connectivity index (χ0n) is 9.89. The SMILES string of the molecule is C1=NC2=C(Cc3ccccc31)N1CCC2CC1. The molecule has 0 aliphatic carbocycles. The van der Waals surface area contributed by atoms with Gasteiger partial charge in [-0.2, -0.15) is 0 Å². The molecular formula is C15H16N2. The fraction of sp³-hybridized carbons (Fsp3) is 0.400. The first kappa shape index (κ1) is 9.46. The van der Waals surface area contributed by atoms with Crippen molar-refractivity contribution in [2.45, 2.75) is 19.3 Å². The summed E-state index contributed by atoms with van der Waals surface area (Å²) in [6, 6.07) is 8.65. The molecule has 2 heteroatoms. The topological polar surface area (TPSA) is 15.6 Å². The number of nitrogens with zero attached hydrogens (tertiary/aromatic N) is 2. The lowest BCUT2D eigenvalue weighted by atomic mass is 9.85. The molecule has 1 saturated heterocycles. The van der Waals surface area contributed by atoms with Crippen LogP contribution in [-0.4, -0.2) is 24.2 Å². The molecule has 0 unspecified atom stereocenters. The van der Waals surface area contributed by atoms with Crippen LogP contribution in [0.5, 0.6) is 0 Å². The standard InChI is InChI=1S/C15H16N2/c1-2-4-13-10-16-15-11-5-7-17(8-6-11)14(15)9-12(13)3-1/h1-4,10-11H,5-9H2. The molecule has 0 saturated carbocycles. The van der Waals surface area contributed by atoms with Gasteiger partial charge in [0.05, 0.1) is 5.70 Å². The Morgan fingerprint density at radius 1 is 1.12 bits per heavy atom. The summed E-state index contributed by atoms with van der Waals surface area (Å²) >= 11 is 0. The Kier molecular flexibility index (Phi) is 1.92. The Bertz CT molecular complexity index is 519. The van der Waals surface area contributed by atoms with Gasteiger partial charge < -0.3 is 4.90 Å².